The van der Waals surface area contributed by atoms with Crippen molar-refractivity contribution < 1.29 is 19.8 Å². The topological polar surface area (TPSA) is 179 Å². The first-order valence-electron chi connectivity index (χ1n) is 18.0. The molecular weight excluding hydrogens is 612 g/mol. The minimum atomic E-state index is -1.19. The van der Waals surface area contributed by atoms with Gasteiger partial charge in [-0.05, 0) is 74.4 Å². The molecular formula is C41H68N4O4. The lowest BCUT2D eigenvalue weighted by atomic mass is 9.62. The number of benzene rings is 2. The van der Waals surface area contributed by atoms with Gasteiger partial charge >= 0.3 is 0 Å². The van der Waals surface area contributed by atoms with E-state index in [1.807, 2.05) is 107 Å². The molecule has 0 fully saturated rings. The number of unbranched alkanes of at least 4 members (excludes halogenated alkanes) is 3. The number of nitrogens with two attached hydrogens (primary N) is 4. The van der Waals surface area contributed by atoms with Crippen molar-refractivity contribution in [1.29, 1.82) is 0 Å². The molecule has 8 heteroatoms. The van der Waals surface area contributed by atoms with Gasteiger partial charge in [-0.3, -0.25) is 9.59 Å². The largest absolute Gasteiger partial charge is 0.507 e. The summed E-state index contributed by atoms with van der Waals surface area (Å²) in [5, 5.41) is 23.2. The number of phenolic OH excluding ortho intramolecular Hbond substituents is 2. The van der Waals surface area contributed by atoms with Crippen molar-refractivity contribution >= 4 is 11.8 Å². The summed E-state index contributed by atoms with van der Waals surface area (Å²) in [6, 6.07) is 7.86. The molecule has 0 aliphatic carbocycles. The van der Waals surface area contributed by atoms with Crippen LogP contribution in [0.1, 0.15) is 173 Å². The van der Waals surface area contributed by atoms with Crippen molar-refractivity contribution in [2.24, 2.45) is 22.9 Å². The second-order valence-electron chi connectivity index (χ2n) is 18.4. The van der Waals surface area contributed by atoms with Gasteiger partial charge in [-0.25, -0.2) is 0 Å². The number of aromatic hydroxyl groups is 2. The molecule has 2 aromatic carbocycles. The van der Waals surface area contributed by atoms with Crippen molar-refractivity contribution in [1.82, 2.24) is 0 Å². The summed E-state index contributed by atoms with van der Waals surface area (Å²) in [7, 11) is 0. The normalized spacial score (nSPS) is 15.5. The molecule has 0 heterocycles. The maximum Gasteiger partial charge on any atom is 0.218 e. The molecule has 276 valence electrons. The van der Waals surface area contributed by atoms with Crippen LogP contribution in [0.3, 0.4) is 0 Å². The summed E-state index contributed by atoms with van der Waals surface area (Å²) >= 11 is 0. The Morgan fingerprint density at radius 2 is 0.857 bits per heavy atom. The van der Waals surface area contributed by atoms with E-state index < -0.39 is 50.8 Å². The smallest absolute Gasteiger partial charge is 0.218 e. The third kappa shape index (κ3) is 10.5. The Labute approximate surface area is 296 Å². The summed E-state index contributed by atoms with van der Waals surface area (Å²) < 4.78 is 0. The highest BCUT2D eigenvalue weighted by atomic mass is 16.3. The SMILES string of the molecule is CC(C)(C)c1cc(C(CC(N)=O)C(N)(CCCCCCN)C(CC(N)=O)c2cc(C(C)(C)C)c(O)c(C(C)(C)C)c2)cc(C(C)(C)C)c1O. The van der Waals surface area contributed by atoms with E-state index in [0.717, 1.165) is 59.1 Å². The Morgan fingerprint density at radius 3 is 1.10 bits per heavy atom. The van der Waals surface area contributed by atoms with Gasteiger partial charge in [0.15, 0.2) is 0 Å². The molecule has 0 radical (unpaired) electrons. The maximum atomic E-state index is 13.1. The number of amides is 2. The number of hydrogen-bond acceptors (Lipinski definition) is 6. The molecule has 8 nitrogen and oxygen atoms in total. The minimum Gasteiger partial charge on any atom is -0.507 e. The number of carbonyl (C=O) groups excluding carboxylic acids is 2. The van der Waals surface area contributed by atoms with Gasteiger partial charge in [0.25, 0.3) is 0 Å². The van der Waals surface area contributed by atoms with Crippen LogP contribution in [0.2, 0.25) is 0 Å². The summed E-state index contributed by atoms with van der Waals surface area (Å²) in [6.07, 6.45) is 3.75. The highest BCUT2D eigenvalue weighted by Crippen LogP contribution is 2.50. The van der Waals surface area contributed by atoms with E-state index in [9.17, 15) is 19.8 Å². The molecule has 0 spiro atoms. The Bertz CT molecular complexity index is 1300. The van der Waals surface area contributed by atoms with Crippen molar-refractivity contribution in [3.05, 3.63) is 57.6 Å². The number of carbonyl (C=O) groups is 2. The third-order valence-corrected chi connectivity index (χ3v) is 9.97. The molecule has 0 aliphatic rings. The van der Waals surface area contributed by atoms with Gasteiger partial charge in [0.1, 0.15) is 11.5 Å². The first kappa shape index (κ1) is 42.1. The minimum absolute atomic E-state index is 0.0666. The van der Waals surface area contributed by atoms with E-state index in [4.69, 9.17) is 22.9 Å². The second-order valence-corrected chi connectivity index (χ2v) is 18.4. The first-order valence-corrected chi connectivity index (χ1v) is 18.0. The predicted molar refractivity (Wildman–Crippen MR) is 203 cm³/mol. The molecule has 2 atom stereocenters. The van der Waals surface area contributed by atoms with E-state index in [0.29, 0.717) is 13.0 Å². The lowest BCUT2D eigenvalue weighted by Crippen LogP contribution is -2.53. The molecule has 2 unspecified atom stereocenters. The highest BCUT2D eigenvalue weighted by molar-refractivity contribution is 5.77. The molecule has 0 aliphatic heterocycles. The zero-order valence-electron chi connectivity index (χ0n) is 32.6. The van der Waals surface area contributed by atoms with Gasteiger partial charge in [0, 0.05) is 30.2 Å². The fourth-order valence-electron chi connectivity index (χ4n) is 7.16. The van der Waals surface area contributed by atoms with Crippen molar-refractivity contribution in [2.75, 3.05) is 6.54 Å². The van der Waals surface area contributed by atoms with Crippen molar-refractivity contribution in [3.8, 4) is 11.5 Å². The monoisotopic (exact) mass is 681 g/mol. The lowest BCUT2D eigenvalue weighted by molar-refractivity contribution is -0.119. The predicted octanol–water partition coefficient (Wildman–Crippen LogP) is 7.51. The van der Waals surface area contributed by atoms with Crippen LogP contribution in [0, 0.1) is 0 Å². The molecule has 2 aromatic rings. The average molecular weight is 681 g/mol. The second kappa shape index (κ2) is 15.4. The van der Waals surface area contributed by atoms with Crippen molar-refractivity contribution in [3.63, 3.8) is 0 Å². The maximum absolute atomic E-state index is 13.1. The molecule has 0 saturated carbocycles. The first-order chi connectivity index (χ1) is 22.2. The quantitative estimate of drug-likeness (QED) is 0.112. The van der Waals surface area contributed by atoms with Gasteiger partial charge in [0.2, 0.25) is 11.8 Å². The Balaban J connectivity index is 3.16. The summed E-state index contributed by atoms with van der Waals surface area (Å²) in [4.78, 5) is 26.1. The van der Waals surface area contributed by atoms with E-state index in [2.05, 4.69) is 0 Å². The number of phenols is 2. The zero-order chi connectivity index (χ0) is 37.9. The molecule has 10 N–H and O–H groups in total. The van der Waals surface area contributed by atoms with Crippen LogP contribution >= 0.6 is 0 Å². The molecule has 2 rings (SSSR count). The summed E-state index contributed by atoms with van der Waals surface area (Å²) in [5.74, 6) is -1.83. The van der Waals surface area contributed by atoms with Crippen LogP contribution in [0.25, 0.3) is 0 Å². The van der Waals surface area contributed by atoms with Crippen LogP contribution < -0.4 is 22.9 Å². The third-order valence-electron chi connectivity index (χ3n) is 9.97. The number of hydrogen-bond donors (Lipinski definition) is 6. The van der Waals surface area contributed by atoms with E-state index in [1.54, 1.807) is 0 Å². The molecule has 0 saturated heterocycles. The number of primary amides is 2. The standard InChI is InChI=1S/C41H68N4O4/c1-37(2,3)29-19-25(20-30(35(29)48)38(4,5)6)27(23-33(43)46)41(45,17-15-13-14-16-18-42)28(24-34(44)47)26-21-31(39(7,8)9)36(49)32(22-26)40(10,11)12/h19-22,27-28,48-49H,13-18,23-24,42,45H2,1-12H3,(H2,43,46)(H2,44,47). The average Bonchev–Trinajstić information content (AvgIpc) is 2.92. The Morgan fingerprint density at radius 1 is 0.571 bits per heavy atom. The van der Waals surface area contributed by atoms with Crippen LogP contribution in [0.5, 0.6) is 11.5 Å². The Kier molecular flexibility index (Phi) is 13.2. The van der Waals surface area contributed by atoms with E-state index >= 15 is 0 Å². The van der Waals surface area contributed by atoms with Crippen LogP contribution in [0.15, 0.2) is 24.3 Å². The van der Waals surface area contributed by atoms with Crippen molar-refractivity contribution in [2.45, 2.75) is 167 Å². The van der Waals surface area contributed by atoms with E-state index in [-0.39, 0.29) is 24.3 Å². The zero-order valence-corrected chi connectivity index (χ0v) is 32.6. The van der Waals surface area contributed by atoms with Crippen LogP contribution in [0.4, 0.5) is 0 Å². The summed E-state index contributed by atoms with van der Waals surface area (Å²) in [6.45, 7) is 25.1. The summed E-state index contributed by atoms with van der Waals surface area (Å²) in [5.41, 5.74) is 27.4. The lowest BCUT2D eigenvalue weighted by Gasteiger charge is -2.45. The molecule has 2 amide bonds. The fraction of sp³-hybridized carbons (Fsp3) is 0.659. The van der Waals surface area contributed by atoms with Crippen LogP contribution in [-0.4, -0.2) is 34.1 Å². The Hall–Kier alpha value is -3.10. The number of rotatable bonds is 14. The molecule has 0 aromatic heterocycles. The fourth-order valence-corrected chi connectivity index (χ4v) is 7.16. The molecule has 0 bridgehead atoms. The highest BCUT2D eigenvalue weighted by Gasteiger charge is 2.46. The van der Waals surface area contributed by atoms with Gasteiger partial charge in [-0.2, -0.15) is 0 Å². The van der Waals surface area contributed by atoms with Gasteiger partial charge in [0.05, 0.1) is 0 Å². The van der Waals surface area contributed by atoms with Crippen LogP contribution in [-0.2, 0) is 31.2 Å². The van der Waals surface area contributed by atoms with Gasteiger partial charge in [-0.15, -0.1) is 0 Å². The van der Waals surface area contributed by atoms with Gasteiger partial charge in [-0.1, -0.05) is 127 Å². The van der Waals surface area contributed by atoms with E-state index in [1.165, 1.54) is 0 Å². The van der Waals surface area contributed by atoms with Gasteiger partial charge < -0.3 is 33.1 Å². The molecule has 49 heavy (non-hydrogen) atoms.